The van der Waals surface area contributed by atoms with E-state index in [4.69, 9.17) is 0 Å². The van der Waals surface area contributed by atoms with Gasteiger partial charge in [-0.2, -0.15) is 0 Å². The summed E-state index contributed by atoms with van der Waals surface area (Å²) in [7, 11) is 4.87. The minimum atomic E-state index is -0.781. The monoisotopic (exact) mass is 281 g/mol. The first-order chi connectivity index (χ1) is 9.23. The molecule has 1 aromatic rings. The molecule has 0 saturated carbocycles. The zero-order valence-corrected chi connectivity index (χ0v) is 12.0. The van der Waals surface area contributed by atoms with E-state index in [1.807, 2.05) is 0 Å². The number of carbonyl (C=O) groups is 1. The van der Waals surface area contributed by atoms with E-state index >= 15 is 0 Å². The van der Waals surface area contributed by atoms with E-state index in [0.717, 1.165) is 0 Å². The Morgan fingerprint density at radius 3 is 2.45 bits per heavy atom. The van der Waals surface area contributed by atoms with E-state index in [2.05, 4.69) is 0 Å². The first-order valence-corrected chi connectivity index (χ1v) is 6.11. The van der Waals surface area contributed by atoms with Crippen LogP contribution in [0.2, 0.25) is 0 Å². The van der Waals surface area contributed by atoms with Crippen molar-refractivity contribution in [3.8, 4) is 0 Å². The van der Waals surface area contributed by atoms with Gasteiger partial charge in [0.05, 0.1) is 17.6 Å². The minimum Gasteiger partial charge on any atom is -0.389 e. The van der Waals surface area contributed by atoms with Crippen molar-refractivity contribution < 1.29 is 14.8 Å². The van der Waals surface area contributed by atoms with Gasteiger partial charge in [0.1, 0.15) is 5.69 Å². The van der Waals surface area contributed by atoms with E-state index in [1.54, 1.807) is 33.3 Å². The molecule has 0 aliphatic heterocycles. The Bertz CT molecular complexity index is 514. The number of likely N-dealkylation sites (N-methyl/N-ethyl adjacent to an activating group) is 2. The number of carbonyl (C=O) groups excluding carboxylic acids is 1. The third kappa shape index (κ3) is 3.67. The number of amides is 1. The van der Waals surface area contributed by atoms with E-state index in [-0.39, 0.29) is 18.1 Å². The number of anilines is 1. The van der Waals surface area contributed by atoms with Gasteiger partial charge < -0.3 is 14.9 Å². The average Bonchev–Trinajstić information content (AvgIpc) is 2.37. The van der Waals surface area contributed by atoms with Crippen LogP contribution >= 0.6 is 0 Å². The molecule has 0 saturated heterocycles. The van der Waals surface area contributed by atoms with Crippen molar-refractivity contribution >= 4 is 17.3 Å². The van der Waals surface area contributed by atoms with Gasteiger partial charge in [-0.15, -0.1) is 0 Å². The molecule has 1 amide bonds. The first-order valence-electron chi connectivity index (χ1n) is 6.11. The van der Waals surface area contributed by atoms with Gasteiger partial charge in [-0.05, 0) is 18.6 Å². The number of rotatable bonds is 5. The van der Waals surface area contributed by atoms with E-state index in [0.29, 0.717) is 11.3 Å². The predicted octanol–water partition coefficient (Wildman–Crippen LogP) is 1.17. The van der Waals surface area contributed by atoms with Gasteiger partial charge in [0, 0.05) is 27.2 Å². The second-order valence-electron chi connectivity index (χ2n) is 4.83. The van der Waals surface area contributed by atoms with Gasteiger partial charge in [-0.25, -0.2) is 0 Å². The fraction of sp³-hybridized carbons (Fsp3) is 0.462. The van der Waals surface area contributed by atoms with Crippen molar-refractivity contribution in [1.82, 2.24) is 4.90 Å². The third-order valence-corrected chi connectivity index (χ3v) is 2.96. The molecule has 110 valence electrons. The van der Waals surface area contributed by atoms with Gasteiger partial charge in [-0.3, -0.25) is 14.9 Å². The summed E-state index contributed by atoms with van der Waals surface area (Å²) in [6.07, 6.45) is -0.781. The van der Waals surface area contributed by atoms with Crippen molar-refractivity contribution in [3.63, 3.8) is 0 Å². The number of aliphatic hydroxyl groups excluding tert-OH is 1. The van der Waals surface area contributed by atoms with Gasteiger partial charge >= 0.3 is 0 Å². The summed E-state index contributed by atoms with van der Waals surface area (Å²) >= 11 is 0. The largest absolute Gasteiger partial charge is 0.389 e. The van der Waals surface area contributed by atoms with Crippen molar-refractivity contribution in [2.24, 2.45) is 0 Å². The lowest BCUT2D eigenvalue weighted by Crippen LogP contribution is -2.34. The van der Waals surface area contributed by atoms with Crippen LogP contribution in [-0.2, 0) is 4.79 Å². The molecule has 0 spiro atoms. The lowest BCUT2D eigenvalue weighted by atomic mass is 10.1. The summed E-state index contributed by atoms with van der Waals surface area (Å²) in [6, 6.07) is 4.49. The van der Waals surface area contributed by atoms with Crippen LogP contribution in [0.25, 0.3) is 0 Å². The molecule has 7 heteroatoms. The fourth-order valence-corrected chi connectivity index (χ4v) is 1.70. The summed E-state index contributed by atoms with van der Waals surface area (Å²) in [5, 5.41) is 20.6. The van der Waals surface area contributed by atoms with Crippen LogP contribution in [0.3, 0.4) is 0 Å². The Balaban J connectivity index is 3.11. The van der Waals surface area contributed by atoms with Crippen LogP contribution in [0.5, 0.6) is 0 Å². The summed E-state index contributed by atoms with van der Waals surface area (Å²) in [6.45, 7) is 1.58. The SMILES string of the molecule is CC(O)c1ccc(N(C)CC(=O)N(C)C)c([N+](=O)[O-])c1. The van der Waals surface area contributed by atoms with Gasteiger partial charge in [0.25, 0.3) is 5.69 Å². The Labute approximate surface area is 117 Å². The lowest BCUT2D eigenvalue weighted by molar-refractivity contribution is -0.384. The molecule has 0 bridgehead atoms. The van der Waals surface area contributed by atoms with Gasteiger partial charge in [0.15, 0.2) is 0 Å². The second-order valence-corrected chi connectivity index (χ2v) is 4.83. The lowest BCUT2D eigenvalue weighted by Gasteiger charge is -2.21. The zero-order chi connectivity index (χ0) is 15.4. The van der Waals surface area contributed by atoms with Crippen molar-refractivity contribution in [2.75, 3.05) is 32.6 Å². The van der Waals surface area contributed by atoms with Crippen LogP contribution in [0.1, 0.15) is 18.6 Å². The second kappa shape index (κ2) is 6.33. The standard InChI is InChI=1S/C13H19N3O4/c1-9(17)10-5-6-11(12(7-10)16(19)20)15(4)8-13(18)14(2)3/h5-7,9,17H,8H2,1-4H3. The summed E-state index contributed by atoms with van der Waals surface area (Å²) in [5.74, 6) is -0.151. The Kier molecular flexibility index (Phi) is 5.04. The number of hydrogen-bond acceptors (Lipinski definition) is 5. The van der Waals surface area contributed by atoms with Gasteiger partial charge in [-0.1, -0.05) is 6.07 Å². The molecule has 0 radical (unpaired) electrons. The fourth-order valence-electron chi connectivity index (χ4n) is 1.70. The van der Waals surface area contributed by atoms with Crippen LogP contribution in [0, 0.1) is 10.1 Å². The molecule has 20 heavy (non-hydrogen) atoms. The summed E-state index contributed by atoms with van der Waals surface area (Å²) < 4.78 is 0. The van der Waals surface area contributed by atoms with Crippen molar-refractivity contribution in [2.45, 2.75) is 13.0 Å². The number of nitrogens with zero attached hydrogens (tertiary/aromatic N) is 3. The molecule has 0 heterocycles. The van der Waals surface area contributed by atoms with Crippen molar-refractivity contribution in [1.29, 1.82) is 0 Å². The minimum absolute atomic E-state index is 0.0435. The average molecular weight is 281 g/mol. The van der Waals surface area contributed by atoms with E-state index in [9.17, 15) is 20.0 Å². The Morgan fingerprint density at radius 1 is 1.40 bits per heavy atom. The molecule has 1 N–H and O–H groups in total. The summed E-state index contributed by atoms with van der Waals surface area (Å²) in [4.78, 5) is 25.2. The molecular weight excluding hydrogens is 262 g/mol. The number of nitro benzene ring substituents is 1. The normalized spacial score (nSPS) is 11.8. The molecule has 1 aromatic carbocycles. The Morgan fingerprint density at radius 2 is 2.00 bits per heavy atom. The predicted molar refractivity (Wildman–Crippen MR) is 75.7 cm³/mol. The molecular formula is C13H19N3O4. The highest BCUT2D eigenvalue weighted by Crippen LogP contribution is 2.30. The van der Waals surface area contributed by atoms with Crippen LogP contribution in [-0.4, -0.2) is 48.5 Å². The first kappa shape index (κ1) is 15.9. The number of nitro groups is 1. The molecule has 1 unspecified atom stereocenters. The number of benzene rings is 1. The molecule has 0 aliphatic carbocycles. The highest BCUT2D eigenvalue weighted by Gasteiger charge is 2.20. The molecule has 1 atom stereocenters. The number of aliphatic hydroxyl groups is 1. The quantitative estimate of drug-likeness (QED) is 0.646. The number of hydrogen-bond donors (Lipinski definition) is 1. The maximum absolute atomic E-state index is 11.7. The van der Waals surface area contributed by atoms with E-state index < -0.39 is 11.0 Å². The Hall–Kier alpha value is -2.15. The third-order valence-electron chi connectivity index (χ3n) is 2.96. The highest BCUT2D eigenvalue weighted by atomic mass is 16.6. The van der Waals surface area contributed by atoms with Crippen LogP contribution in [0.4, 0.5) is 11.4 Å². The zero-order valence-electron chi connectivity index (χ0n) is 12.0. The van der Waals surface area contributed by atoms with Crippen molar-refractivity contribution in [3.05, 3.63) is 33.9 Å². The topological polar surface area (TPSA) is 86.9 Å². The van der Waals surface area contributed by atoms with Crippen LogP contribution in [0.15, 0.2) is 18.2 Å². The molecule has 7 nitrogen and oxygen atoms in total. The smallest absolute Gasteiger partial charge is 0.292 e. The molecule has 0 aromatic heterocycles. The maximum atomic E-state index is 11.7. The molecule has 0 aliphatic rings. The van der Waals surface area contributed by atoms with Crippen LogP contribution < -0.4 is 4.90 Å². The maximum Gasteiger partial charge on any atom is 0.292 e. The molecule has 0 fully saturated rings. The van der Waals surface area contributed by atoms with E-state index in [1.165, 1.54) is 22.8 Å². The summed E-state index contributed by atoms with van der Waals surface area (Å²) in [5.41, 5.74) is 0.680. The van der Waals surface area contributed by atoms with Gasteiger partial charge in [0.2, 0.25) is 5.91 Å². The molecule has 1 rings (SSSR count). The highest BCUT2D eigenvalue weighted by molar-refractivity contribution is 5.82.